The molecule has 0 amide bonds. The quantitative estimate of drug-likeness (QED) is 0.0681. The van der Waals surface area contributed by atoms with Crippen molar-refractivity contribution in [3.63, 3.8) is 0 Å². The lowest BCUT2D eigenvalue weighted by atomic mass is 10.6. The van der Waals surface area contributed by atoms with Crippen LogP contribution >= 0.6 is 15.9 Å². The molecule has 0 aromatic heterocycles. The Kier molecular flexibility index (Phi) is 41.8. The molecule has 260 valence electrons. The Labute approximate surface area is 265 Å². The topological polar surface area (TPSA) is 120 Å². The number of hydrogen-bond acceptors (Lipinski definition) is 13. The van der Waals surface area contributed by atoms with Gasteiger partial charge in [0.1, 0.15) is 6.67 Å². The second-order valence-electron chi connectivity index (χ2n) is 8.34. The fourth-order valence-corrected chi connectivity index (χ4v) is 3.08. The molecule has 0 aliphatic carbocycles. The van der Waals surface area contributed by atoms with Crippen LogP contribution in [0.25, 0.3) is 0 Å². The zero-order valence-corrected chi connectivity index (χ0v) is 27.4. The van der Waals surface area contributed by atoms with Gasteiger partial charge in [-0.2, -0.15) is 0 Å². The van der Waals surface area contributed by atoms with E-state index in [2.05, 4.69) is 15.9 Å². The maximum Gasteiger partial charge on any atom is 0.113 e. The summed E-state index contributed by atoms with van der Waals surface area (Å²) >= 11 is 3.30. The monoisotopic (exact) mass is 698 g/mol. The van der Waals surface area contributed by atoms with Crippen molar-refractivity contribution in [2.45, 2.75) is 0 Å². The van der Waals surface area contributed by atoms with Crippen molar-refractivity contribution >= 4 is 15.9 Å². The molecule has 13 nitrogen and oxygen atoms in total. The van der Waals surface area contributed by atoms with Gasteiger partial charge in [-0.15, -0.1) is 0 Å². The van der Waals surface area contributed by atoms with Crippen LogP contribution in [0, 0.1) is 0 Å². The molecule has 0 aromatic rings. The largest absolute Gasteiger partial charge is 0.378 e. The van der Waals surface area contributed by atoms with E-state index in [0.29, 0.717) is 165 Å². The first-order valence-corrected chi connectivity index (χ1v) is 16.2. The summed E-state index contributed by atoms with van der Waals surface area (Å²) in [7, 11) is 0. The molecule has 0 aliphatic rings. The number of alkyl halides is 2. The van der Waals surface area contributed by atoms with E-state index in [4.69, 9.17) is 61.6 Å². The van der Waals surface area contributed by atoms with Crippen molar-refractivity contribution in [1.82, 2.24) is 0 Å². The summed E-state index contributed by atoms with van der Waals surface area (Å²) in [6.07, 6.45) is 0. The number of hydrogen-bond donors (Lipinski definition) is 0. The van der Waals surface area contributed by atoms with E-state index in [1.165, 1.54) is 0 Å². The van der Waals surface area contributed by atoms with Crippen LogP contribution in [-0.2, 0) is 61.6 Å². The summed E-state index contributed by atoms with van der Waals surface area (Å²) in [6.45, 7) is 12.5. The lowest BCUT2D eigenvalue weighted by Crippen LogP contribution is -2.15. The lowest BCUT2D eigenvalue weighted by Gasteiger charge is -2.09. The molecule has 0 radical (unpaired) electrons. The molecular formula is C28H56BrFO13. The molecule has 0 bridgehead atoms. The van der Waals surface area contributed by atoms with Crippen molar-refractivity contribution in [3.05, 3.63) is 0 Å². The highest BCUT2D eigenvalue weighted by Crippen LogP contribution is 1.88. The average molecular weight is 700 g/mol. The molecule has 0 heterocycles. The minimum Gasteiger partial charge on any atom is -0.378 e. The summed E-state index contributed by atoms with van der Waals surface area (Å²) in [4.78, 5) is 0. The van der Waals surface area contributed by atoms with Crippen LogP contribution in [0.5, 0.6) is 0 Å². The van der Waals surface area contributed by atoms with E-state index in [1.54, 1.807) is 0 Å². The molecular weight excluding hydrogens is 643 g/mol. The van der Waals surface area contributed by atoms with Crippen LogP contribution in [0.1, 0.15) is 0 Å². The van der Waals surface area contributed by atoms with Crippen molar-refractivity contribution in [3.8, 4) is 0 Å². The second kappa shape index (κ2) is 41.9. The lowest BCUT2D eigenvalue weighted by molar-refractivity contribution is -0.0290. The van der Waals surface area contributed by atoms with Gasteiger partial charge >= 0.3 is 0 Å². The van der Waals surface area contributed by atoms with Crippen molar-refractivity contribution < 1.29 is 66.0 Å². The van der Waals surface area contributed by atoms with Crippen LogP contribution in [0.15, 0.2) is 0 Å². The molecule has 0 rings (SSSR count). The van der Waals surface area contributed by atoms with Crippen LogP contribution in [0.2, 0.25) is 0 Å². The first-order valence-electron chi connectivity index (χ1n) is 15.0. The SMILES string of the molecule is FCCOCCOCCOCCOCCOCCOCCOCCOCCOCCOCCOCCOCCOCCBr. The third kappa shape index (κ3) is 41.9. The summed E-state index contributed by atoms with van der Waals surface area (Å²) < 4.78 is 81.7. The Morgan fingerprint density at radius 3 is 0.512 bits per heavy atom. The maximum absolute atomic E-state index is 11.8. The minimum absolute atomic E-state index is 0.113. The summed E-state index contributed by atoms with van der Waals surface area (Å²) in [5.74, 6) is 0. The maximum atomic E-state index is 11.8. The van der Waals surface area contributed by atoms with Gasteiger partial charge < -0.3 is 61.6 Å². The van der Waals surface area contributed by atoms with Crippen molar-refractivity contribution in [2.24, 2.45) is 0 Å². The molecule has 43 heavy (non-hydrogen) atoms. The standard InChI is InChI=1S/C28H56BrFO13/c29-1-3-31-5-7-33-9-11-35-13-15-37-17-19-39-21-23-41-25-27-43-28-26-42-24-22-40-20-18-38-16-14-36-12-10-34-8-6-32-4-2-30/h1-28H2. The number of halogens is 2. The van der Waals surface area contributed by atoms with E-state index >= 15 is 0 Å². The smallest absolute Gasteiger partial charge is 0.113 e. The molecule has 0 N–H and O–H groups in total. The van der Waals surface area contributed by atoms with Gasteiger partial charge in [0.2, 0.25) is 0 Å². The molecule has 0 saturated carbocycles. The third-order valence-electron chi connectivity index (χ3n) is 4.91. The van der Waals surface area contributed by atoms with Crippen LogP contribution in [-0.4, -0.2) is 184 Å². The minimum atomic E-state index is -0.475. The Morgan fingerprint density at radius 1 is 0.233 bits per heavy atom. The Morgan fingerprint density at radius 2 is 0.372 bits per heavy atom. The highest BCUT2D eigenvalue weighted by molar-refractivity contribution is 9.09. The second-order valence-corrected chi connectivity index (χ2v) is 9.13. The molecule has 15 heteroatoms. The van der Waals surface area contributed by atoms with Crippen LogP contribution < -0.4 is 0 Å². The molecule has 0 spiro atoms. The zero-order valence-electron chi connectivity index (χ0n) is 25.9. The van der Waals surface area contributed by atoms with Gasteiger partial charge in [0, 0.05) is 5.33 Å². The number of rotatable bonds is 40. The highest BCUT2D eigenvalue weighted by atomic mass is 79.9. The molecule has 0 aliphatic heterocycles. The first kappa shape index (κ1) is 42.9. The summed E-state index contributed by atoms with van der Waals surface area (Å²) in [6, 6.07) is 0. The predicted octanol–water partition coefficient (Wildman–Crippen LogP) is 1.57. The fraction of sp³-hybridized carbons (Fsp3) is 1.00. The Bertz CT molecular complexity index is 450. The van der Waals surface area contributed by atoms with Gasteiger partial charge in [-0.3, -0.25) is 0 Å². The predicted molar refractivity (Wildman–Crippen MR) is 160 cm³/mol. The number of ether oxygens (including phenoxy) is 13. The van der Waals surface area contributed by atoms with Gasteiger partial charge in [0.15, 0.2) is 0 Å². The fourth-order valence-electron chi connectivity index (χ4n) is 2.85. The van der Waals surface area contributed by atoms with E-state index < -0.39 is 6.67 Å². The first-order chi connectivity index (χ1) is 21.4. The zero-order chi connectivity index (χ0) is 31.0. The van der Waals surface area contributed by atoms with Crippen LogP contribution in [0.4, 0.5) is 4.39 Å². The van der Waals surface area contributed by atoms with E-state index in [0.717, 1.165) is 5.33 Å². The molecule has 0 saturated heterocycles. The Hall–Kier alpha value is -0.110. The molecule has 0 unspecified atom stereocenters. The normalized spacial score (nSPS) is 11.6. The van der Waals surface area contributed by atoms with E-state index in [1.807, 2.05) is 0 Å². The van der Waals surface area contributed by atoms with Crippen LogP contribution in [0.3, 0.4) is 0 Å². The van der Waals surface area contributed by atoms with Gasteiger partial charge in [0.05, 0.1) is 172 Å². The Balaban J connectivity index is 3.02. The van der Waals surface area contributed by atoms with Crippen molar-refractivity contribution in [1.29, 1.82) is 0 Å². The van der Waals surface area contributed by atoms with Gasteiger partial charge in [-0.05, 0) is 0 Å². The van der Waals surface area contributed by atoms with Gasteiger partial charge in [-0.25, -0.2) is 4.39 Å². The van der Waals surface area contributed by atoms with Gasteiger partial charge in [-0.1, -0.05) is 15.9 Å². The summed E-state index contributed by atoms with van der Waals surface area (Å²) in [5.41, 5.74) is 0. The average Bonchev–Trinajstić information content (AvgIpc) is 3.02. The molecule has 0 fully saturated rings. The van der Waals surface area contributed by atoms with E-state index in [9.17, 15) is 4.39 Å². The van der Waals surface area contributed by atoms with Gasteiger partial charge in [0.25, 0.3) is 0 Å². The van der Waals surface area contributed by atoms with E-state index in [-0.39, 0.29) is 6.61 Å². The molecule has 0 atom stereocenters. The highest BCUT2D eigenvalue weighted by Gasteiger charge is 1.97. The molecule has 0 aromatic carbocycles. The van der Waals surface area contributed by atoms with Crippen molar-refractivity contribution in [2.75, 3.05) is 184 Å². The summed E-state index contributed by atoms with van der Waals surface area (Å²) in [5, 5.41) is 0.835. The third-order valence-corrected chi connectivity index (χ3v) is 5.23.